The number of hydrogen-bond donors (Lipinski definition) is 2. The van der Waals surface area contributed by atoms with Crippen molar-refractivity contribution in [3.05, 3.63) is 29.8 Å². The Bertz CT molecular complexity index is 569. The van der Waals surface area contributed by atoms with E-state index in [0.29, 0.717) is 13.0 Å². The molecule has 5 heteroatoms. The van der Waals surface area contributed by atoms with Gasteiger partial charge in [-0.25, -0.2) is 4.79 Å². The number of carbonyl (C=O) groups excluding carboxylic acids is 2. The molecule has 0 unspecified atom stereocenters. The van der Waals surface area contributed by atoms with Crippen LogP contribution in [0.4, 0.5) is 10.5 Å². The number of urea groups is 1. The number of esters is 1. The fraction of sp³-hybridized carbons (Fsp3) is 0.579. The first-order chi connectivity index (χ1) is 11.0. The van der Waals surface area contributed by atoms with E-state index < -0.39 is 5.60 Å². The molecular formula is C19H30N2O3. The Morgan fingerprint density at radius 2 is 1.67 bits per heavy atom. The van der Waals surface area contributed by atoms with E-state index in [2.05, 4.69) is 31.4 Å². The molecule has 1 aromatic rings. The van der Waals surface area contributed by atoms with Gasteiger partial charge >= 0.3 is 12.0 Å². The fourth-order valence-electron chi connectivity index (χ4n) is 2.24. The maximum absolute atomic E-state index is 12.0. The Kier molecular flexibility index (Phi) is 6.81. The van der Waals surface area contributed by atoms with E-state index >= 15 is 0 Å². The van der Waals surface area contributed by atoms with Gasteiger partial charge in [-0.2, -0.15) is 0 Å². The van der Waals surface area contributed by atoms with Crippen molar-refractivity contribution < 1.29 is 14.3 Å². The van der Waals surface area contributed by atoms with Crippen molar-refractivity contribution in [3.63, 3.8) is 0 Å². The number of amides is 2. The summed E-state index contributed by atoms with van der Waals surface area (Å²) in [5.74, 6) is -0.247. The monoisotopic (exact) mass is 334 g/mol. The highest BCUT2D eigenvalue weighted by atomic mass is 16.6. The molecule has 0 heterocycles. The summed E-state index contributed by atoms with van der Waals surface area (Å²) < 4.78 is 5.23. The summed E-state index contributed by atoms with van der Waals surface area (Å²) in [6.07, 6.45) is 0.833. The molecule has 0 bridgehead atoms. The molecule has 0 aliphatic rings. The normalized spacial score (nSPS) is 11.8. The molecule has 0 saturated heterocycles. The highest BCUT2D eigenvalue weighted by Crippen LogP contribution is 2.29. The number of anilines is 1. The summed E-state index contributed by atoms with van der Waals surface area (Å²) in [4.78, 5) is 23.6. The Hall–Kier alpha value is -2.04. The minimum atomic E-state index is -0.474. The van der Waals surface area contributed by atoms with Crippen LogP contribution in [0.15, 0.2) is 24.3 Å². The molecule has 0 atom stereocenters. The maximum atomic E-state index is 12.0. The number of ether oxygens (including phenoxy) is 1. The molecule has 1 aromatic carbocycles. The minimum absolute atomic E-state index is 0.0550. The van der Waals surface area contributed by atoms with Crippen LogP contribution in [0.3, 0.4) is 0 Å². The van der Waals surface area contributed by atoms with Crippen molar-refractivity contribution in [2.24, 2.45) is 0 Å². The van der Waals surface area contributed by atoms with Crippen molar-refractivity contribution >= 4 is 17.7 Å². The third-order valence-electron chi connectivity index (χ3n) is 3.25. The summed E-state index contributed by atoms with van der Waals surface area (Å²) in [5, 5.41) is 5.65. The van der Waals surface area contributed by atoms with Crippen LogP contribution < -0.4 is 10.6 Å². The average Bonchev–Trinajstić information content (AvgIpc) is 2.41. The molecule has 0 spiro atoms. The number of hydrogen-bond acceptors (Lipinski definition) is 3. The molecule has 24 heavy (non-hydrogen) atoms. The molecule has 0 saturated carbocycles. The van der Waals surface area contributed by atoms with E-state index in [1.165, 1.54) is 0 Å². The zero-order chi connectivity index (χ0) is 18.4. The Morgan fingerprint density at radius 1 is 1.04 bits per heavy atom. The predicted molar refractivity (Wildman–Crippen MR) is 97.2 cm³/mol. The van der Waals surface area contributed by atoms with Crippen LogP contribution in [0.1, 0.15) is 59.9 Å². The molecular weight excluding hydrogens is 304 g/mol. The van der Waals surface area contributed by atoms with Crippen molar-refractivity contribution in [1.29, 1.82) is 0 Å². The van der Waals surface area contributed by atoms with E-state index in [9.17, 15) is 9.59 Å². The first-order valence-corrected chi connectivity index (χ1v) is 8.35. The number of carbonyl (C=O) groups is 2. The van der Waals surface area contributed by atoms with Gasteiger partial charge in [0.05, 0.1) is 0 Å². The lowest BCUT2D eigenvalue weighted by atomic mass is 9.86. The number of rotatable bonds is 5. The standard InChI is InChI=1S/C19H30N2O3/c1-18(2,3)14-10-7-8-11-15(14)21-17(23)20-13-9-12-16(22)24-19(4,5)6/h7-8,10-11H,9,12-13H2,1-6H3,(H2,20,21,23). The Balaban J connectivity index is 2.42. The third kappa shape index (κ3) is 7.49. The molecule has 2 amide bonds. The van der Waals surface area contributed by atoms with Crippen LogP contribution in [0.25, 0.3) is 0 Å². The highest BCUT2D eigenvalue weighted by Gasteiger charge is 2.18. The minimum Gasteiger partial charge on any atom is -0.460 e. The van der Waals surface area contributed by atoms with E-state index in [1.807, 2.05) is 45.0 Å². The van der Waals surface area contributed by atoms with Gasteiger partial charge in [0.1, 0.15) is 5.60 Å². The molecule has 1 rings (SSSR count). The van der Waals surface area contributed by atoms with Gasteiger partial charge in [-0.1, -0.05) is 39.0 Å². The van der Waals surface area contributed by atoms with E-state index in [4.69, 9.17) is 4.74 Å². The average molecular weight is 334 g/mol. The van der Waals surface area contributed by atoms with Crippen molar-refractivity contribution in [3.8, 4) is 0 Å². The fourth-order valence-corrected chi connectivity index (χ4v) is 2.24. The molecule has 0 aliphatic heterocycles. The maximum Gasteiger partial charge on any atom is 0.319 e. The summed E-state index contributed by atoms with van der Waals surface area (Å²) in [7, 11) is 0. The second-order valence-electron chi connectivity index (χ2n) is 7.87. The SMILES string of the molecule is CC(C)(C)OC(=O)CCCNC(=O)Nc1ccccc1C(C)(C)C. The van der Waals surface area contributed by atoms with E-state index in [0.717, 1.165) is 11.3 Å². The van der Waals surface area contributed by atoms with E-state index in [1.54, 1.807) is 0 Å². The third-order valence-corrected chi connectivity index (χ3v) is 3.25. The molecule has 0 aliphatic carbocycles. The lowest BCUT2D eigenvalue weighted by Crippen LogP contribution is -2.31. The summed E-state index contributed by atoms with van der Waals surface area (Å²) in [6.45, 7) is 12.2. The van der Waals surface area contributed by atoms with Crippen molar-refractivity contribution in [2.75, 3.05) is 11.9 Å². The smallest absolute Gasteiger partial charge is 0.319 e. The molecule has 0 radical (unpaired) electrons. The van der Waals surface area contributed by atoms with Gasteiger partial charge in [-0.3, -0.25) is 4.79 Å². The van der Waals surface area contributed by atoms with Crippen LogP contribution in [0.2, 0.25) is 0 Å². The largest absolute Gasteiger partial charge is 0.460 e. The van der Waals surface area contributed by atoms with Crippen LogP contribution in [0.5, 0.6) is 0 Å². The van der Waals surface area contributed by atoms with Gasteiger partial charge in [0.2, 0.25) is 0 Å². The topological polar surface area (TPSA) is 67.4 Å². The molecule has 0 aromatic heterocycles. The van der Waals surface area contributed by atoms with Gasteiger partial charge in [0.15, 0.2) is 0 Å². The van der Waals surface area contributed by atoms with Crippen LogP contribution >= 0.6 is 0 Å². The molecule has 0 fully saturated rings. The number of para-hydroxylation sites is 1. The zero-order valence-electron chi connectivity index (χ0n) is 15.7. The van der Waals surface area contributed by atoms with Gasteiger partial charge < -0.3 is 15.4 Å². The highest BCUT2D eigenvalue weighted by molar-refractivity contribution is 5.90. The summed E-state index contributed by atoms with van der Waals surface area (Å²) in [6, 6.07) is 7.49. The molecule has 134 valence electrons. The first-order valence-electron chi connectivity index (χ1n) is 8.35. The lowest BCUT2D eigenvalue weighted by Gasteiger charge is -2.23. The number of nitrogens with one attached hydrogen (secondary N) is 2. The Morgan fingerprint density at radius 3 is 2.25 bits per heavy atom. The molecule has 5 nitrogen and oxygen atoms in total. The van der Waals surface area contributed by atoms with Crippen molar-refractivity contribution in [2.45, 2.75) is 65.4 Å². The second kappa shape index (κ2) is 8.18. The predicted octanol–water partition coefficient (Wildman–Crippen LogP) is 4.23. The number of benzene rings is 1. The van der Waals surface area contributed by atoms with Gasteiger partial charge in [-0.15, -0.1) is 0 Å². The molecule has 2 N–H and O–H groups in total. The quantitative estimate of drug-likeness (QED) is 0.625. The first kappa shape index (κ1) is 20.0. The van der Waals surface area contributed by atoms with Gasteiger partial charge in [-0.05, 0) is 44.2 Å². The lowest BCUT2D eigenvalue weighted by molar-refractivity contribution is -0.154. The zero-order valence-corrected chi connectivity index (χ0v) is 15.7. The van der Waals surface area contributed by atoms with Gasteiger partial charge in [0.25, 0.3) is 0 Å². The van der Waals surface area contributed by atoms with Crippen molar-refractivity contribution in [1.82, 2.24) is 5.32 Å². The Labute approximate surface area is 145 Å². The van der Waals surface area contributed by atoms with Crippen LogP contribution in [-0.4, -0.2) is 24.1 Å². The van der Waals surface area contributed by atoms with Crippen LogP contribution in [-0.2, 0) is 14.9 Å². The van der Waals surface area contributed by atoms with Gasteiger partial charge in [0, 0.05) is 18.7 Å². The second-order valence-corrected chi connectivity index (χ2v) is 7.87. The summed E-state index contributed by atoms with van der Waals surface area (Å²) in [5.41, 5.74) is 1.35. The van der Waals surface area contributed by atoms with Crippen LogP contribution in [0, 0.1) is 0 Å². The van der Waals surface area contributed by atoms with E-state index in [-0.39, 0.29) is 23.8 Å². The summed E-state index contributed by atoms with van der Waals surface area (Å²) >= 11 is 0.